The fourth-order valence-corrected chi connectivity index (χ4v) is 3.33. The largest absolute Gasteiger partial charge is 0.444 e. The predicted molar refractivity (Wildman–Crippen MR) is 74.1 cm³/mol. The van der Waals surface area contributed by atoms with E-state index in [0.29, 0.717) is 12.1 Å². The van der Waals surface area contributed by atoms with Gasteiger partial charge in [-0.25, -0.2) is 4.79 Å². The third-order valence-corrected chi connectivity index (χ3v) is 4.35. The summed E-state index contributed by atoms with van der Waals surface area (Å²) in [5, 5.41) is 2.78. The van der Waals surface area contributed by atoms with E-state index in [-0.39, 0.29) is 12.2 Å². The number of hydrogen-bond acceptors (Lipinski definition) is 3. The SMILES string of the molecule is CN1[C@H]2CCC[C@@H]1[C@@H](OC(=O)Nc1ccccc1)C2. The van der Waals surface area contributed by atoms with Gasteiger partial charge in [0.1, 0.15) is 6.10 Å². The van der Waals surface area contributed by atoms with Crippen molar-refractivity contribution in [2.24, 2.45) is 0 Å². The molecule has 1 amide bonds. The van der Waals surface area contributed by atoms with Gasteiger partial charge in [-0.15, -0.1) is 0 Å². The summed E-state index contributed by atoms with van der Waals surface area (Å²) in [7, 11) is 2.15. The molecule has 0 aliphatic carbocycles. The smallest absolute Gasteiger partial charge is 0.411 e. The maximum absolute atomic E-state index is 11.9. The lowest BCUT2D eigenvalue weighted by Crippen LogP contribution is -2.40. The van der Waals surface area contributed by atoms with Crippen molar-refractivity contribution >= 4 is 11.8 Å². The number of nitrogens with one attached hydrogen (secondary N) is 1. The minimum absolute atomic E-state index is 0.0428. The molecule has 2 heterocycles. The van der Waals surface area contributed by atoms with Gasteiger partial charge in [0, 0.05) is 24.2 Å². The van der Waals surface area contributed by atoms with E-state index in [1.165, 1.54) is 12.8 Å². The molecule has 0 saturated carbocycles. The number of likely N-dealkylation sites (N-methyl/N-ethyl adjacent to an activating group) is 1. The van der Waals surface area contributed by atoms with Gasteiger partial charge in [0.25, 0.3) is 0 Å². The predicted octanol–water partition coefficient (Wildman–Crippen LogP) is 2.86. The second kappa shape index (κ2) is 5.21. The molecule has 3 atom stereocenters. The standard InChI is InChI=1S/C15H20N2O2/c1-17-12-8-5-9-13(17)14(10-12)19-15(18)16-11-6-3-2-4-7-11/h2-4,6-7,12-14H,5,8-10H2,1H3,(H,16,18)/t12-,13+,14-/m0/s1. The molecule has 102 valence electrons. The molecule has 1 aromatic carbocycles. The number of rotatable bonds is 2. The number of piperidine rings is 1. The van der Waals surface area contributed by atoms with Gasteiger partial charge < -0.3 is 4.74 Å². The second-order valence-electron chi connectivity index (χ2n) is 5.49. The normalized spacial score (nSPS) is 30.1. The Hall–Kier alpha value is -1.55. The number of para-hydroxylation sites is 1. The molecule has 2 aliphatic heterocycles. The summed E-state index contributed by atoms with van der Waals surface area (Å²) in [6.45, 7) is 0. The van der Waals surface area contributed by atoms with Crippen LogP contribution in [0.1, 0.15) is 25.7 Å². The second-order valence-corrected chi connectivity index (χ2v) is 5.49. The highest BCUT2D eigenvalue weighted by Crippen LogP contribution is 2.36. The molecule has 2 bridgehead atoms. The number of ether oxygens (including phenoxy) is 1. The Bertz CT molecular complexity index is 449. The van der Waals surface area contributed by atoms with Crippen LogP contribution in [-0.4, -0.2) is 36.2 Å². The highest BCUT2D eigenvalue weighted by Gasteiger charge is 2.43. The van der Waals surface area contributed by atoms with Crippen LogP contribution in [0.5, 0.6) is 0 Å². The molecular weight excluding hydrogens is 240 g/mol. The Morgan fingerprint density at radius 3 is 2.84 bits per heavy atom. The lowest BCUT2D eigenvalue weighted by atomic mass is 10.0. The molecule has 19 heavy (non-hydrogen) atoms. The minimum Gasteiger partial charge on any atom is -0.444 e. The molecule has 0 unspecified atom stereocenters. The van der Waals surface area contributed by atoms with Crippen LogP contribution in [0.15, 0.2) is 30.3 Å². The summed E-state index contributed by atoms with van der Waals surface area (Å²) in [6, 6.07) is 10.4. The fourth-order valence-electron chi connectivity index (χ4n) is 3.33. The van der Waals surface area contributed by atoms with Crippen LogP contribution in [0, 0.1) is 0 Å². The quantitative estimate of drug-likeness (QED) is 0.889. The van der Waals surface area contributed by atoms with E-state index < -0.39 is 0 Å². The van der Waals surface area contributed by atoms with E-state index in [1.807, 2.05) is 30.3 Å². The Kier molecular flexibility index (Phi) is 3.42. The molecular formula is C15H20N2O2. The first-order chi connectivity index (χ1) is 9.24. The first-order valence-corrected chi connectivity index (χ1v) is 6.98. The van der Waals surface area contributed by atoms with Gasteiger partial charge in [-0.05, 0) is 32.0 Å². The van der Waals surface area contributed by atoms with Crippen molar-refractivity contribution in [2.75, 3.05) is 12.4 Å². The van der Waals surface area contributed by atoms with Crippen molar-refractivity contribution in [3.05, 3.63) is 30.3 Å². The van der Waals surface area contributed by atoms with Crippen LogP contribution in [0.4, 0.5) is 10.5 Å². The molecule has 0 spiro atoms. The lowest BCUT2D eigenvalue weighted by molar-refractivity contribution is 0.0759. The van der Waals surface area contributed by atoms with E-state index in [1.54, 1.807) is 0 Å². The van der Waals surface area contributed by atoms with Gasteiger partial charge in [0.15, 0.2) is 0 Å². The van der Waals surface area contributed by atoms with Crippen molar-refractivity contribution < 1.29 is 9.53 Å². The maximum atomic E-state index is 11.9. The van der Waals surface area contributed by atoms with Gasteiger partial charge in [-0.2, -0.15) is 0 Å². The van der Waals surface area contributed by atoms with Gasteiger partial charge in [0.05, 0.1) is 0 Å². The third-order valence-electron chi connectivity index (χ3n) is 4.35. The van der Waals surface area contributed by atoms with E-state index in [2.05, 4.69) is 17.3 Å². The summed E-state index contributed by atoms with van der Waals surface area (Å²) in [4.78, 5) is 14.3. The summed E-state index contributed by atoms with van der Waals surface area (Å²) < 4.78 is 5.61. The van der Waals surface area contributed by atoms with E-state index in [4.69, 9.17) is 4.74 Å². The number of anilines is 1. The minimum atomic E-state index is -0.336. The zero-order chi connectivity index (χ0) is 13.2. The third kappa shape index (κ3) is 2.59. The zero-order valence-electron chi connectivity index (χ0n) is 11.2. The van der Waals surface area contributed by atoms with Crippen LogP contribution in [0.3, 0.4) is 0 Å². The Labute approximate surface area is 113 Å². The van der Waals surface area contributed by atoms with Crippen LogP contribution >= 0.6 is 0 Å². The zero-order valence-corrected chi connectivity index (χ0v) is 11.2. The van der Waals surface area contributed by atoms with Crippen LogP contribution in [-0.2, 0) is 4.74 Å². The first kappa shape index (κ1) is 12.5. The van der Waals surface area contributed by atoms with Crippen molar-refractivity contribution in [3.63, 3.8) is 0 Å². The van der Waals surface area contributed by atoms with E-state index in [0.717, 1.165) is 18.5 Å². The number of hydrogen-bond donors (Lipinski definition) is 1. The molecule has 2 saturated heterocycles. The Morgan fingerprint density at radius 2 is 2.11 bits per heavy atom. The molecule has 4 nitrogen and oxygen atoms in total. The van der Waals surface area contributed by atoms with Crippen LogP contribution < -0.4 is 5.32 Å². The van der Waals surface area contributed by atoms with Crippen LogP contribution in [0.25, 0.3) is 0 Å². The molecule has 1 aromatic rings. The molecule has 1 N–H and O–H groups in total. The molecule has 4 heteroatoms. The highest BCUT2D eigenvalue weighted by atomic mass is 16.6. The number of benzene rings is 1. The van der Waals surface area contributed by atoms with Crippen molar-refractivity contribution in [2.45, 2.75) is 43.9 Å². The summed E-state index contributed by atoms with van der Waals surface area (Å²) in [5.41, 5.74) is 0.779. The monoisotopic (exact) mass is 260 g/mol. The van der Waals surface area contributed by atoms with E-state index >= 15 is 0 Å². The first-order valence-electron chi connectivity index (χ1n) is 6.98. The molecule has 0 aromatic heterocycles. The van der Waals surface area contributed by atoms with Gasteiger partial charge >= 0.3 is 6.09 Å². The summed E-state index contributed by atoms with van der Waals surface area (Å²) >= 11 is 0. The van der Waals surface area contributed by atoms with Crippen molar-refractivity contribution in [1.29, 1.82) is 0 Å². The average Bonchev–Trinajstić information content (AvgIpc) is 2.60. The Morgan fingerprint density at radius 1 is 1.32 bits per heavy atom. The van der Waals surface area contributed by atoms with Gasteiger partial charge in [-0.1, -0.05) is 24.6 Å². The number of nitrogens with zero attached hydrogens (tertiary/aromatic N) is 1. The Balaban J connectivity index is 1.58. The highest BCUT2D eigenvalue weighted by molar-refractivity contribution is 5.84. The van der Waals surface area contributed by atoms with Crippen molar-refractivity contribution in [3.8, 4) is 0 Å². The fraction of sp³-hybridized carbons (Fsp3) is 0.533. The summed E-state index contributed by atoms with van der Waals surface area (Å²) in [6.07, 6.45) is 4.30. The van der Waals surface area contributed by atoms with E-state index in [9.17, 15) is 4.79 Å². The van der Waals surface area contributed by atoms with Crippen LogP contribution in [0.2, 0.25) is 0 Å². The van der Waals surface area contributed by atoms with Crippen molar-refractivity contribution in [1.82, 2.24) is 4.90 Å². The number of carbonyl (C=O) groups excluding carboxylic acids is 1. The molecule has 0 radical (unpaired) electrons. The lowest BCUT2D eigenvalue weighted by Gasteiger charge is -2.31. The number of fused-ring (bicyclic) bond motifs is 2. The number of amides is 1. The molecule has 2 fully saturated rings. The maximum Gasteiger partial charge on any atom is 0.411 e. The average molecular weight is 260 g/mol. The van der Waals surface area contributed by atoms with Gasteiger partial charge in [-0.3, -0.25) is 10.2 Å². The van der Waals surface area contributed by atoms with Gasteiger partial charge in [0.2, 0.25) is 0 Å². The number of carbonyl (C=O) groups is 1. The molecule has 3 rings (SSSR count). The topological polar surface area (TPSA) is 41.6 Å². The summed E-state index contributed by atoms with van der Waals surface area (Å²) in [5.74, 6) is 0. The molecule has 2 aliphatic rings.